The van der Waals surface area contributed by atoms with E-state index in [-0.39, 0.29) is 41.9 Å². The number of allylic oxidation sites excluding steroid dienone is 1. The van der Waals surface area contributed by atoms with Crippen molar-refractivity contribution in [1.29, 1.82) is 0 Å². The smallest absolute Gasteiger partial charge is 0.294 e. The molecule has 0 fully saturated rings. The van der Waals surface area contributed by atoms with Gasteiger partial charge in [-0.3, -0.25) is 29.6 Å². The first-order valence-corrected chi connectivity index (χ1v) is 15.0. The van der Waals surface area contributed by atoms with Gasteiger partial charge in [-0.25, -0.2) is 11.3 Å². The van der Waals surface area contributed by atoms with E-state index >= 15 is 0 Å². The third-order valence-corrected chi connectivity index (χ3v) is 7.56. The Labute approximate surface area is 248 Å². The Morgan fingerprint density at radius 3 is 1.95 bits per heavy atom. The van der Waals surface area contributed by atoms with E-state index in [0.717, 1.165) is 11.1 Å². The predicted octanol–water partition coefficient (Wildman–Crippen LogP) is 3.28. The number of Topliss-reactive ketones (excluding diaryl/α,β-unsaturated/α-hetero) is 1. The van der Waals surface area contributed by atoms with Crippen molar-refractivity contribution in [2.75, 3.05) is 6.54 Å². The van der Waals surface area contributed by atoms with Crippen LogP contribution in [0.15, 0.2) is 65.6 Å². The maximum atomic E-state index is 13.4. The highest BCUT2D eigenvalue weighted by molar-refractivity contribution is 7.85. The van der Waals surface area contributed by atoms with Crippen molar-refractivity contribution < 1.29 is 32.6 Å². The topological polar surface area (TPSA) is 202 Å². The molecule has 2 aromatic rings. The van der Waals surface area contributed by atoms with Crippen LogP contribution in [-0.4, -0.2) is 42.3 Å². The molecule has 2 aromatic carbocycles. The molecule has 2 rings (SSSR count). The van der Waals surface area contributed by atoms with E-state index < -0.39 is 39.2 Å². The monoisotopic (exact) mass is 604 g/mol. The minimum atomic E-state index is -4.02. The minimum Gasteiger partial charge on any atom is -0.324 e. The van der Waals surface area contributed by atoms with Crippen LogP contribution in [0.2, 0.25) is 0 Å². The number of carbonyl (C=O) groups is 3. The van der Waals surface area contributed by atoms with Crippen molar-refractivity contribution in [2.45, 2.75) is 52.4 Å². The number of nitrogens with two attached hydrogens (primary N) is 2. The number of amides is 2. The second kappa shape index (κ2) is 16.9. The number of hydrogen-bond acceptors (Lipinski definition) is 8. The van der Waals surface area contributed by atoms with E-state index in [4.69, 9.17) is 16.1 Å². The Hall–Kier alpha value is -3.42. The molecule has 232 valence electrons. The van der Waals surface area contributed by atoms with Gasteiger partial charge >= 0.3 is 0 Å². The Kier molecular flexibility index (Phi) is 14.7. The van der Waals surface area contributed by atoms with Crippen molar-refractivity contribution in [3.05, 3.63) is 71.8 Å². The number of carbonyl (C=O) groups excluding carboxylic acids is 3. The van der Waals surface area contributed by atoms with Gasteiger partial charge in [0.05, 0.1) is 28.7 Å². The summed E-state index contributed by atoms with van der Waals surface area (Å²) in [6.07, 6.45) is 3.96. The molecule has 11 nitrogen and oxygen atoms in total. The number of nitrogens with one attached hydrogen (secondary N) is 2. The van der Waals surface area contributed by atoms with Crippen molar-refractivity contribution in [3.8, 4) is 0 Å². The van der Waals surface area contributed by atoms with Crippen LogP contribution >= 0.6 is 0 Å². The first-order valence-electron chi connectivity index (χ1n) is 13.6. The highest BCUT2D eigenvalue weighted by Crippen LogP contribution is 2.44. The van der Waals surface area contributed by atoms with Gasteiger partial charge in [-0.05, 0) is 49.3 Å². The number of aryl methyl sites for hydroxylation is 1. The summed E-state index contributed by atoms with van der Waals surface area (Å²) in [6, 6.07) is 15.3. The maximum Gasteiger partial charge on any atom is 0.294 e. The summed E-state index contributed by atoms with van der Waals surface area (Å²) >= 11 is 0. The first kappa shape index (κ1) is 36.6. The fourth-order valence-electron chi connectivity index (χ4n) is 4.92. The van der Waals surface area contributed by atoms with Crippen LogP contribution in [-0.2, 0) is 24.5 Å². The van der Waals surface area contributed by atoms with E-state index in [1.165, 1.54) is 12.1 Å². The molecule has 12 heteroatoms. The van der Waals surface area contributed by atoms with Gasteiger partial charge < -0.3 is 5.73 Å². The molecule has 2 amide bonds. The lowest BCUT2D eigenvalue weighted by Gasteiger charge is -2.41. The van der Waals surface area contributed by atoms with Crippen LogP contribution in [0, 0.1) is 36.0 Å². The van der Waals surface area contributed by atoms with Crippen molar-refractivity contribution >= 4 is 33.8 Å². The summed E-state index contributed by atoms with van der Waals surface area (Å²) < 4.78 is 29.6. The molecule has 0 radical (unpaired) electrons. The van der Waals surface area contributed by atoms with Gasteiger partial charge in [0.15, 0.2) is 5.78 Å². The Morgan fingerprint density at radius 1 is 0.952 bits per heavy atom. The normalized spacial score (nSPS) is 14.5. The van der Waals surface area contributed by atoms with E-state index in [2.05, 4.69) is 5.43 Å². The van der Waals surface area contributed by atoms with Crippen molar-refractivity contribution in [3.63, 3.8) is 0 Å². The molecule has 1 unspecified atom stereocenters. The molecule has 0 saturated carbocycles. The van der Waals surface area contributed by atoms with Crippen molar-refractivity contribution in [1.82, 2.24) is 10.9 Å². The summed E-state index contributed by atoms with van der Waals surface area (Å²) in [5.41, 5.74) is 9.94. The fourth-order valence-corrected chi connectivity index (χ4v) is 5.40. The Balaban J connectivity index is 0.000000666. The average Bonchev–Trinajstić information content (AvgIpc) is 2.94. The van der Waals surface area contributed by atoms with Crippen LogP contribution in [0.1, 0.15) is 51.7 Å². The van der Waals surface area contributed by atoms with Crippen LogP contribution in [0.5, 0.6) is 0 Å². The molecule has 8 N–H and O–H groups in total. The van der Waals surface area contributed by atoms with E-state index in [1.54, 1.807) is 29.8 Å². The first-order chi connectivity index (χ1) is 19.6. The molecule has 0 aliphatic carbocycles. The molecular formula is C30H44N4O7S. The molecule has 0 aliphatic heterocycles. The molecule has 0 heterocycles. The zero-order chi connectivity index (χ0) is 32.1. The second-order valence-corrected chi connectivity index (χ2v) is 12.4. The minimum absolute atomic E-state index is 0.00875. The zero-order valence-corrected chi connectivity index (χ0v) is 25.6. The lowest BCUT2D eigenvalue weighted by atomic mass is 9.61. The third-order valence-electron chi connectivity index (χ3n) is 6.70. The van der Waals surface area contributed by atoms with Crippen LogP contribution in [0.4, 0.5) is 0 Å². The number of rotatable bonds is 13. The average molecular weight is 605 g/mol. The standard InChI is InChI=1S/C23H36N4O4.C7H8O3S/c1-15(2)12-18(21(29)26-25)20(22(30)27-31)23(13-16(3)4,19(28)14-24)11-10-17-8-6-5-7-9-17;1-6-2-4-7(5-3-6)11(8,9)10/h5-11,15-16,18,20,31H,12-14,24-25H2,1-4H3,(H,26,29)(H,27,30);2-5H,1H3,(H,8,9,10)/b11-10+;/t18-,20-,23?;/m1./s1. The van der Waals surface area contributed by atoms with E-state index in [1.807, 2.05) is 65.0 Å². The van der Waals surface area contributed by atoms with E-state index in [9.17, 15) is 28.0 Å². The molecule has 3 atom stereocenters. The highest BCUT2D eigenvalue weighted by atomic mass is 32.2. The second-order valence-electron chi connectivity index (χ2n) is 11.0. The molecule has 0 saturated heterocycles. The van der Waals surface area contributed by atoms with Crippen LogP contribution in [0.25, 0.3) is 6.08 Å². The van der Waals surface area contributed by atoms with E-state index in [0.29, 0.717) is 0 Å². The lowest BCUT2D eigenvalue weighted by molar-refractivity contribution is -0.150. The van der Waals surface area contributed by atoms with Gasteiger partial charge in [0.1, 0.15) is 0 Å². The van der Waals surface area contributed by atoms with Gasteiger partial charge in [0.2, 0.25) is 11.8 Å². The summed E-state index contributed by atoms with van der Waals surface area (Å²) in [5.74, 6) is 1.50. The number of hydroxylamine groups is 1. The lowest BCUT2D eigenvalue weighted by Crippen LogP contribution is -2.55. The molecular weight excluding hydrogens is 560 g/mol. The predicted molar refractivity (Wildman–Crippen MR) is 161 cm³/mol. The van der Waals surface area contributed by atoms with Gasteiger partial charge in [0.25, 0.3) is 10.1 Å². The third kappa shape index (κ3) is 10.8. The Bertz CT molecular complexity index is 1300. The van der Waals surface area contributed by atoms with Gasteiger partial charge in [-0.15, -0.1) is 0 Å². The SMILES string of the molecule is CC(C)C[C@@H](C(=O)NN)[C@H](C(=O)NO)C(/C=C/c1ccccc1)(CC(C)C)C(=O)CN.Cc1ccc(S(=O)(=O)O)cc1. The number of benzene rings is 2. The molecule has 0 aliphatic rings. The summed E-state index contributed by atoms with van der Waals surface area (Å²) in [7, 11) is -4.02. The molecule has 0 spiro atoms. The van der Waals surface area contributed by atoms with Crippen molar-refractivity contribution in [2.24, 2.45) is 40.7 Å². The fraction of sp³-hybridized carbons (Fsp3) is 0.433. The summed E-state index contributed by atoms with van der Waals surface area (Å²) in [6.45, 7) is 9.17. The summed E-state index contributed by atoms with van der Waals surface area (Å²) in [5, 5.41) is 9.55. The zero-order valence-electron chi connectivity index (χ0n) is 24.8. The maximum absolute atomic E-state index is 13.4. The Morgan fingerprint density at radius 2 is 1.52 bits per heavy atom. The molecule has 0 aromatic heterocycles. The molecule has 42 heavy (non-hydrogen) atoms. The van der Waals surface area contributed by atoms with Crippen LogP contribution in [0.3, 0.4) is 0 Å². The summed E-state index contributed by atoms with van der Waals surface area (Å²) in [4.78, 5) is 39.1. The number of hydrogen-bond donors (Lipinski definition) is 6. The highest BCUT2D eigenvalue weighted by Gasteiger charge is 2.52. The van der Waals surface area contributed by atoms with Gasteiger partial charge in [-0.2, -0.15) is 8.42 Å². The quantitative estimate of drug-likeness (QED) is 0.0652. The number of hydrazine groups is 1. The molecule has 0 bridgehead atoms. The largest absolute Gasteiger partial charge is 0.324 e. The number of ketones is 1. The van der Waals surface area contributed by atoms with Gasteiger partial charge in [-0.1, -0.05) is 87.9 Å². The van der Waals surface area contributed by atoms with Gasteiger partial charge in [0, 0.05) is 0 Å². The van der Waals surface area contributed by atoms with Crippen LogP contribution < -0.4 is 22.5 Å².